The van der Waals surface area contributed by atoms with Crippen molar-refractivity contribution in [3.63, 3.8) is 0 Å². The summed E-state index contributed by atoms with van der Waals surface area (Å²) >= 11 is 0. The highest BCUT2D eigenvalue weighted by atomic mass is 16.5. The zero-order chi connectivity index (χ0) is 15.4. The fourth-order valence-electron chi connectivity index (χ4n) is 2.47. The number of aryl methyl sites for hydroxylation is 2. The minimum atomic E-state index is -0.102. The van der Waals surface area contributed by atoms with E-state index in [1.165, 1.54) is 16.7 Å². The van der Waals surface area contributed by atoms with E-state index in [-0.39, 0.29) is 6.04 Å². The second-order valence-corrected chi connectivity index (χ2v) is 6.00. The number of rotatable bonds is 5. The maximum absolute atomic E-state index is 6.25. The topological polar surface area (TPSA) is 35.2 Å². The van der Waals surface area contributed by atoms with Gasteiger partial charge >= 0.3 is 0 Å². The van der Waals surface area contributed by atoms with Crippen LogP contribution in [0.25, 0.3) is 0 Å². The van der Waals surface area contributed by atoms with Crippen molar-refractivity contribution in [2.45, 2.75) is 39.7 Å². The molecule has 2 aromatic rings. The first-order chi connectivity index (χ1) is 9.97. The number of hydrogen-bond donors (Lipinski definition) is 1. The van der Waals surface area contributed by atoms with Crippen molar-refractivity contribution in [1.82, 2.24) is 0 Å². The second kappa shape index (κ2) is 6.77. The fourth-order valence-corrected chi connectivity index (χ4v) is 2.47. The van der Waals surface area contributed by atoms with Crippen LogP contribution in [0.1, 0.15) is 48.1 Å². The van der Waals surface area contributed by atoms with Gasteiger partial charge in [-0.05, 0) is 48.6 Å². The van der Waals surface area contributed by atoms with E-state index in [0.717, 1.165) is 11.3 Å². The van der Waals surface area contributed by atoms with Crippen LogP contribution >= 0.6 is 0 Å². The largest absolute Gasteiger partial charge is 0.492 e. The molecule has 0 aliphatic rings. The van der Waals surface area contributed by atoms with Gasteiger partial charge in [-0.15, -0.1) is 0 Å². The summed E-state index contributed by atoms with van der Waals surface area (Å²) in [4.78, 5) is 0. The molecule has 21 heavy (non-hydrogen) atoms. The third-order valence-electron chi connectivity index (χ3n) is 3.80. The lowest BCUT2D eigenvalue weighted by molar-refractivity contribution is 0.290. The summed E-state index contributed by atoms with van der Waals surface area (Å²) < 4.78 is 5.82. The van der Waals surface area contributed by atoms with E-state index < -0.39 is 0 Å². The van der Waals surface area contributed by atoms with Gasteiger partial charge in [0.2, 0.25) is 0 Å². The lowest BCUT2D eigenvalue weighted by atomic mass is 10.0. The lowest BCUT2D eigenvalue weighted by Crippen LogP contribution is -2.20. The van der Waals surface area contributed by atoms with E-state index in [0.29, 0.717) is 12.5 Å². The highest BCUT2D eigenvalue weighted by molar-refractivity contribution is 5.33. The molecule has 0 radical (unpaired) electrons. The quantitative estimate of drug-likeness (QED) is 0.876. The molecule has 2 N–H and O–H groups in total. The molecule has 0 bridgehead atoms. The Kier molecular flexibility index (Phi) is 5.03. The molecule has 0 fully saturated rings. The molecule has 0 aliphatic carbocycles. The molecule has 0 heterocycles. The van der Waals surface area contributed by atoms with Gasteiger partial charge < -0.3 is 10.5 Å². The molecule has 0 aromatic heterocycles. The van der Waals surface area contributed by atoms with Crippen LogP contribution in [0.15, 0.2) is 42.5 Å². The Morgan fingerprint density at radius 3 is 2.24 bits per heavy atom. The predicted octanol–water partition coefficient (Wildman–Crippen LogP) is 4.51. The molecule has 2 aromatic carbocycles. The molecule has 2 heteroatoms. The molecular weight excluding hydrogens is 258 g/mol. The molecule has 2 nitrogen and oxygen atoms in total. The Balaban J connectivity index is 1.98. The number of benzene rings is 2. The molecule has 0 aliphatic heterocycles. The van der Waals surface area contributed by atoms with Crippen LogP contribution < -0.4 is 10.5 Å². The monoisotopic (exact) mass is 283 g/mol. The third kappa shape index (κ3) is 4.08. The Hall–Kier alpha value is -1.80. The number of nitrogens with two attached hydrogens (primary N) is 1. The third-order valence-corrected chi connectivity index (χ3v) is 3.80. The average molecular weight is 283 g/mol. The Morgan fingerprint density at radius 2 is 1.67 bits per heavy atom. The van der Waals surface area contributed by atoms with Crippen LogP contribution in [0.5, 0.6) is 5.75 Å². The molecular formula is C19H25NO. The van der Waals surface area contributed by atoms with Gasteiger partial charge in [0.15, 0.2) is 0 Å². The van der Waals surface area contributed by atoms with Crippen molar-refractivity contribution in [3.05, 3.63) is 64.7 Å². The van der Waals surface area contributed by atoms with Crippen LogP contribution in [0.4, 0.5) is 0 Å². The molecule has 0 amide bonds. The van der Waals surface area contributed by atoms with E-state index in [1.54, 1.807) is 0 Å². The minimum Gasteiger partial charge on any atom is -0.492 e. The van der Waals surface area contributed by atoms with E-state index in [1.807, 2.05) is 12.1 Å². The van der Waals surface area contributed by atoms with Crippen LogP contribution in [0, 0.1) is 13.8 Å². The van der Waals surface area contributed by atoms with Gasteiger partial charge in [0, 0.05) is 0 Å². The highest BCUT2D eigenvalue weighted by Crippen LogP contribution is 2.21. The number of hydrogen-bond acceptors (Lipinski definition) is 2. The normalized spacial score (nSPS) is 12.5. The first-order valence-electron chi connectivity index (χ1n) is 7.53. The van der Waals surface area contributed by atoms with Gasteiger partial charge in [0.05, 0.1) is 6.04 Å². The summed E-state index contributed by atoms with van der Waals surface area (Å²) in [5, 5.41) is 0. The van der Waals surface area contributed by atoms with Crippen LogP contribution in [0.2, 0.25) is 0 Å². The zero-order valence-electron chi connectivity index (χ0n) is 13.4. The fraction of sp³-hybridized carbons (Fsp3) is 0.368. The average Bonchev–Trinajstić information content (AvgIpc) is 2.45. The maximum Gasteiger partial charge on any atom is 0.119 e. The molecule has 1 atom stereocenters. The summed E-state index contributed by atoms with van der Waals surface area (Å²) in [5.74, 6) is 1.41. The summed E-state index contributed by atoms with van der Waals surface area (Å²) in [6.07, 6.45) is 0. The Morgan fingerprint density at radius 1 is 1.00 bits per heavy atom. The highest BCUT2D eigenvalue weighted by Gasteiger charge is 2.10. The standard InChI is InChI=1S/C19H25NO/c1-13(2)16-6-8-17(9-7-16)21-12-19(20)18-10-5-14(3)11-15(18)4/h5-11,13,19H,12,20H2,1-4H3. The van der Waals surface area contributed by atoms with E-state index >= 15 is 0 Å². The molecule has 0 spiro atoms. The first-order valence-corrected chi connectivity index (χ1v) is 7.53. The van der Waals surface area contributed by atoms with E-state index in [9.17, 15) is 0 Å². The van der Waals surface area contributed by atoms with E-state index in [2.05, 4.69) is 58.0 Å². The van der Waals surface area contributed by atoms with Crippen molar-refractivity contribution in [3.8, 4) is 5.75 Å². The molecule has 1 unspecified atom stereocenters. The minimum absolute atomic E-state index is 0.102. The number of ether oxygens (including phenoxy) is 1. The summed E-state index contributed by atoms with van der Waals surface area (Å²) in [6, 6.07) is 14.5. The van der Waals surface area contributed by atoms with Crippen molar-refractivity contribution in [2.24, 2.45) is 5.73 Å². The molecule has 112 valence electrons. The molecule has 0 saturated heterocycles. The Bertz CT molecular complexity index is 587. The van der Waals surface area contributed by atoms with Gasteiger partial charge in [-0.2, -0.15) is 0 Å². The second-order valence-electron chi connectivity index (χ2n) is 6.00. The van der Waals surface area contributed by atoms with E-state index in [4.69, 9.17) is 10.5 Å². The van der Waals surface area contributed by atoms with Crippen molar-refractivity contribution >= 4 is 0 Å². The van der Waals surface area contributed by atoms with Gasteiger partial charge in [0.25, 0.3) is 0 Å². The Labute approximate surface area is 127 Å². The predicted molar refractivity (Wildman–Crippen MR) is 88.9 cm³/mol. The van der Waals surface area contributed by atoms with Crippen molar-refractivity contribution in [2.75, 3.05) is 6.61 Å². The van der Waals surface area contributed by atoms with Gasteiger partial charge in [-0.1, -0.05) is 49.7 Å². The first kappa shape index (κ1) is 15.6. The van der Waals surface area contributed by atoms with Crippen LogP contribution in [-0.2, 0) is 0 Å². The van der Waals surface area contributed by atoms with Gasteiger partial charge in [-0.3, -0.25) is 0 Å². The summed E-state index contributed by atoms with van der Waals surface area (Å²) in [5.41, 5.74) is 11.2. The molecule has 2 rings (SSSR count). The summed E-state index contributed by atoms with van der Waals surface area (Å²) in [6.45, 7) is 9.05. The van der Waals surface area contributed by atoms with Gasteiger partial charge in [-0.25, -0.2) is 0 Å². The maximum atomic E-state index is 6.25. The molecule has 0 saturated carbocycles. The van der Waals surface area contributed by atoms with Crippen molar-refractivity contribution in [1.29, 1.82) is 0 Å². The van der Waals surface area contributed by atoms with Gasteiger partial charge in [0.1, 0.15) is 12.4 Å². The lowest BCUT2D eigenvalue weighted by Gasteiger charge is -2.16. The summed E-state index contributed by atoms with van der Waals surface area (Å²) in [7, 11) is 0. The van der Waals surface area contributed by atoms with Crippen molar-refractivity contribution < 1.29 is 4.74 Å². The smallest absolute Gasteiger partial charge is 0.119 e. The SMILES string of the molecule is Cc1ccc(C(N)COc2ccc(C(C)C)cc2)c(C)c1. The van der Waals surface area contributed by atoms with Crippen LogP contribution in [0.3, 0.4) is 0 Å². The van der Waals surface area contributed by atoms with Crippen LogP contribution in [-0.4, -0.2) is 6.61 Å². The zero-order valence-corrected chi connectivity index (χ0v) is 13.4.